The van der Waals surface area contributed by atoms with E-state index in [1.54, 1.807) is 25.7 Å². The van der Waals surface area contributed by atoms with Gasteiger partial charge >= 0.3 is 12.1 Å². The molecule has 3 N–H and O–H groups in total. The maximum atomic E-state index is 12.1. The van der Waals surface area contributed by atoms with E-state index in [9.17, 15) is 14.7 Å². The highest BCUT2D eigenvalue weighted by Crippen LogP contribution is 2.10. The number of aliphatic hydroxyl groups excluding tert-OH is 1. The Morgan fingerprint density at radius 2 is 1.92 bits per heavy atom. The number of unbranched alkanes of at least 4 members (excludes halogenated alkanes) is 1. The Morgan fingerprint density at radius 3 is 2.48 bits per heavy atom. The molecule has 0 aliphatic carbocycles. The molecule has 0 aromatic carbocycles. The Bertz CT molecular complexity index is 419. The molecule has 1 fully saturated rings. The van der Waals surface area contributed by atoms with E-state index in [-0.39, 0.29) is 12.6 Å². The molecule has 0 spiro atoms. The number of ether oxygens (including phenoxy) is 2. The normalized spacial score (nSPS) is 17.6. The van der Waals surface area contributed by atoms with Crippen LogP contribution in [0.3, 0.4) is 0 Å². The van der Waals surface area contributed by atoms with Crippen LogP contribution in [0.5, 0.6) is 0 Å². The molecule has 0 bridgehead atoms. The standard InChI is InChI=1S/C17H33N3O5/c1-5-6-7-13(19-16(23)25-17(2,3)4)14(21)12-18-15(22)20-8-10-24-11-9-20/h13-14,21H,5-12H2,1-4H3,(H,18,22)(H,19,23)/t13-,14+/m0/s1. The molecule has 0 aromatic heterocycles. The van der Waals surface area contributed by atoms with Gasteiger partial charge in [-0.1, -0.05) is 19.8 Å². The van der Waals surface area contributed by atoms with Gasteiger partial charge < -0.3 is 30.1 Å². The number of alkyl carbamates (subject to hydrolysis) is 1. The van der Waals surface area contributed by atoms with Crippen LogP contribution < -0.4 is 10.6 Å². The second-order valence-corrected chi connectivity index (χ2v) is 7.25. The number of morpholine rings is 1. The first-order valence-electron chi connectivity index (χ1n) is 9.01. The van der Waals surface area contributed by atoms with Gasteiger partial charge in [0.1, 0.15) is 5.60 Å². The van der Waals surface area contributed by atoms with Crippen molar-refractivity contribution in [2.75, 3.05) is 32.8 Å². The number of hydrogen-bond acceptors (Lipinski definition) is 5. The third-order valence-electron chi connectivity index (χ3n) is 3.80. The summed E-state index contributed by atoms with van der Waals surface area (Å²) in [5.74, 6) is 0. The van der Waals surface area contributed by atoms with Crippen LogP contribution >= 0.6 is 0 Å². The monoisotopic (exact) mass is 359 g/mol. The quantitative estimate of drug-likeness (QED) is 0.639. The lowest BCUT2D eigenvalue weighted by molar-refractivity contribution is 0.0401. The highest BCUT2D eigenvalue weighted by Gasteiger charge is 2.25. The molecular formula is C17H33N3O5. The van der Waals surface area contributed by atoms with Crippen molar-refractivity contribution in [3.63, 3.8) is 0 Å². The molecule has 1 aliphatic heterocycles. The second kappa shape index (κ2) is 10.5. The van der Waals surface area contributed by atoms with E-state index in [0.29, 0.717) is 32.7 Å². The summed E-state index contributed by atoms with van der Waals surface area (Å²) >= 11 is 0. The lowest BCUT2D eigenvalue weighted by Gasteiger charge is -2.29. The van der Waals surface area contributed by atoms with Crippen molar-refractivity contribution in [2.24, 2.45) is 0 Å². The van der Waals surface area contributed by atoms with Crippen LogP contribution in [0.15, 0.2) is 0 Å². The molecule has 1 saturated heterocycles. The second-order valence-electron chi connectivity index (χ2n) is 7.25. The fourth-order valence-electron chi connectivity index (χ4n) is 2.46. The maximum absolute atomic E-state index is 12.1. The van der Waals surface area contributed by atoms with E-state index < -0.39 is 23.8 Å². The van der Waals surface area contributed by atoms with Crippen LogP contribution in [-0.4, -0.2) is 72.7 Å². The average molecular weight is 359 g/mol. The van der Waals surface area contributed by atoms with E-state index in [4.69, 9.17) is 9.47 Å². The highest BCUT2D eigenvalue weighted by molar-refractivity contribution is 5.74. The van der Waals surface area contributed by atoms with Crippen LogP contribution in [-0.2, 0) is 9.47 Å². The van der Waals surface area contributed by atoms with Crippen molar-refractivity contribution in [3.05, 3.63) is 0 Å². The molecule has 0 saturated carbocycles. The molecule has 0 radical (unpaired) electrons. The average Bonchev–Trinajstić information content (AvgIpc) is 2.55. The van der Waals surface area contributed by atoms with Crippen molar-refractivity contribution in [2.45, 2.75) is 64.7 Å². The number of carbonyl (C=O) groups excluding carboxylic acids is 2. The molecule has 0 unspecified atom stereocenters. The Kier molecular flexibility index (Phi) is 8.99. The van der Waals surface area contributed by atoms with E-state index in [0.717, 1.165) is 12.8 Å². The smallest absolute Gasteiger partial charge is 0.407 e. The fraction of sp³-hybridized carbons (Fsp3) is 0.882. The molecule has 1 rings (SSSR count). The zero-order chi connectivity index (χ0) is 18.9. The lowest BCUT2D eigenvalue weighted by atomic mass is 10.0. The van der Waals surface area contributed by atoms with Crippen molar-refractivity contribution in [1.82, 2.24) is 15.5 Å². The SMILES string of the molecule is CCCC[C@H](NC(=O)OC(C)(C)C)[C@H](O)CNC(=O)N1CCOCC1. The van der Waals surface area contributed by atoms with Crippen LogP contribution in [0.25, 0.3) is 0 Å². The number of hydrogen-bond donors (Lipinski definition) is 3. The molecule has 25 heavy (non-hydrogen) atoms. The molecule has 8 nitrogen and oxygen atoms in total. The summed E-state index contributed by atoms with van der Waals surface area (Å²) in [6.07, 6.45) is 0.967. The minimum atomic E-state index is -0.885. The lowest BCUT2D eigenvalue weighted by Crippen LogP contribution is -2.52. The molecule has 1 aliphatic rings. The Hall–Kier alpha value is -1.54. The Morgan fingerprint density at radius 1 is 1.28 bits per heavy atom. The van der Waals surface area contributed by atoms with E-state index in [2.05, 4.69) is 10.6 Å². The van der Waals surface area contributed by atoms with Gasteiger partial charge in [0.2, 0.25) is 0 Å². The number of nitrogens with one attached hydrogen (secondary N) is 2. The largest absolute Gasteiger partial charge is 0.444 e. The first-order chi connectivity index (χ1) is 11.7. The summed E-state index contributed by atoms with van der Waals surface area (Å²) in [5, 5.41) is 15.8. The Balaban J connectivity index is 2.49. The van der Waals surface area contributed by atoms with Crippen molar-refractivity contribution < 1.29 is 24.2 Å². The summed E-state index contributed by atoms with van der Waals surface area (Å²) in [5.41, 5.74) is -0.602. The zero-order valence-corrected chi connectivity index (χ0v) is 15.8. The number of carbonyl (C=O) groups is 2. The first-order valence-corrected chi connectivity index (χ1v) is 9.01. The number of nitrogens with zero attached hydrogens (tertiary/aromatic N) is 1. The molecule has 146 valence electrons. The van der Waals surface area contributed by atoms with Crippen molar-refractivity contribution in [1.29, 1.82) is 0 Å². The molecular weight excluding hydrogens is 326 g/mol. The van der Waals surface area contributed by atoms with Gasteiger partial charge in [0.15, 0.2) is 0 Å². The third kappa shape index (κ3) is 8.92. The zero-order valence-electron chi connectivity index (χ0n) is 15.8. The maximum Gasteiger partial charge on any atom is 0.407 e. The van der Waals surface area contributed by atoms with Crippen LogP contribution in [0.2, 0.25) is 0 Å². The third-order valence-corrected chi connectivity index (χ3v) is 3.80. The molecule has 0 aromatic rings. The Labute approximate surface area is 150 Å². The summed E-state index contributed by atoms with van der Waals surface area (Å²) in [7, 11) is 0. The molecule has 1 heterocycles. The number of amides is 3. The van der Waals surface area contributed by atoms with Gasteiger partial charge in [-0.2, -0.15) is 0 Å². The minimum absolute atomic E-state index is 0.0698. The predicted octanol–water partition coefficient (Wildman–Crippen LogP) is 1.47. The van der Waals surface area contributed by atoms with Gasteiger partial charge in [-0.05, 0) is 27.2 Å². The van der Waals surface area contributed by atoms with Gasteiger partial charge in [-0.3, -0.25) is 0 Å². The predicted molar refractivity (Wildman–Crippen MR) is 94.5 cm³/mol. The van der Waals surface area contributed by atoms with E-state index in [1.807, 2.05) is 6.92 Å². The van der Waals surface area contributed by atoms with Gasteiger partial charge in [-0.15, -0.1) is 0 Å². The fourth-order valence-corrected chi connectivity index (χ4v) is 2.46. The topological polar surface area (TPSA) is 100 Å². The van der Waals surface area contributed by atoms with E-state index >= 15 is 0 Å². The number of aliphatic hydroxyl groups is 1. The van der Waals surface area contributed by atoms with Gasteiger partial charge in [-0.25, -0.2) is 9.59 Å². The highest BCUT2D eigenvalue weighted by atomic mass is 16.6. The number of urea groups is 1. The van der Waals surface area contributed by atoms with E-state index in [1.165, 1.54) is 0 Å². The van der Waals surface area contributed by atoms with Crippen LogP contribution in [0, 0.1) is 0 Å². The summed E-state index contributed by atoms with van der Waals surface area (Å²) in [6, 6.07) is -0.700. The van der Waals surface area contributed by atoms with Crippen LogP contribution in [0.1, 0.15) is 47.0 Å². The molecule has 8 heteroatoms. The van der Waals surface area contributed by atoms with Gasteiger partial charge in [0.05, 0.1) is 25.4 Å². The van der Waals surface area contributed by atoms with Gasteiger partial charge in [0, 0.05) is 19.6 Å². The first kappa shape index (κ1) is 21.5. The van der Waals surface area contributed by atoms with Gasteiger partial charge in [0.25, 0.3) is 0 Å². The minimum Gasteiger partial charge on any atom is -0.444 e. The van der Waals surface area contributed by atoms with Crippen molar-refractivity contribution in [3.8, 4) is 0 Å². The summed E-state index contributed by atoms with van der Waals surface area (Å²) in [6.45, 7) is 9.59. The summed E-state index contributed by atoms with van der Waals surface area (Å²) in [4.78, 5) is 25.7. The van der Waals surface area contributed by atoms with Crippen molar-refractivity contribution >= 4 is 12.1 Å². The molecule has 2 atom stereocenters. The molecule has 3 amide bonds. The number of rotatable bonds is 7. The summed E-state index contributed by atoms with van der Waals surface area (Å²) < 4.78 is 10.5. The van der Waals surface area contributed by atoms with Crippen LogP contribution in [0.4, 0.5) is 9.59 Å².